The average Bonchev–Trinajstić information content (AvgIpc) is 2.94. The number of carbonyl (C=O) groups is 2. The Labute approximate surface area is 217 Å². The van der Waals surface area contributed by atoms with Crippen molar-refractivity contribution in [1.29, 1.82) is 0 Å². The molecule has 0 aliphatic rings. The SMILES string of the molecule is CCCCN(c1ccccc1)c1ccc(NC(=O)c2cccc(Nc3ccccc3C(=O)OC)c2)cc1. The van der Waals surface area contributed by atoms with Crippen LogP contribution in [0, 0.1) is 0 Å². The third-order valence-corrected chi connectivity index (χ3v) is 5.98. The largest absolute Gasteiger partial charge is 0.465 e. The fourth-order valence-electron chi connectivity index (χ4n) is 4.03. The van der Waals surface area contributed by atoms with Crippen molar-refractivity contribution < 1.29 is 14.3 Å². The molecule has 4 aromatic rings. The molecule has 0 spiro atoms. The molecule has 0 bridgehead atoms. The lowest BCUT2D eigenvalue weighted by Gasteiger charge is -2.25. The fourth-order valence-corrected chi connectivity index (χ4v) is 4.03. The molecule has 0 saturated heterocycles. The van der Waals surface area contributed by atoms with E-state index in [2.05, 4.69) is 34.6 Å². The third kappa shape index (κ3) is 6.55. The van der Waals surface area contributed by atoms with Crippen LogP contribution in [0.5, 0.6) is 0 Å². The summed E-state index contributed by atoms with van der Waals surface area (Å²) in [6.07, 6.45) is 2.20. The van der Waals surface area contributed by atoms with Gasteiger partial charge in [0.1, 0.15) is 0 Å². The molecule has 6 heteroatoms. The summed E-state index contributed by atoms with van der Waals surface area (Å²) in [5, 5.41) is 6.19. The van der Waals surface area contributed by atoms with Gasteiger partial charge in [-0.05, 0) is 73.2 Å². The first kappa shape index (κ1) is 25.5. The Morgan fingerprint density at radius 3 is 2.22 bits per heavy atom. The maximum Gasteiger partial charge on any atom is 0.339 e. The summed E-state index contributed by atoms with van der Waals surface area (Å²) in [4.78, 5) is 27.4. The highest BCUT2D eigenvalue weighted by atomic mass is 16.5. The summed E-state index contributed by atoms with van der Waals surface area (Å²) >= 11 is 0. The van der Waals surface area contributed by atoms with E-state index >= 15 is 0 Å². The molecular formula is C31H31N3O3. The fraction of sp³-hybridized carbons (Fsp3) is 0.161. The predicted molar refractivity (Wildman–Crippen MR) is 150 cm³/mol. The van der Waals surface area contributed by atoms with E-state index in [1.165, 1.54) is 7.11 Å². The summed E-state index contributed by atoms with van der Waals surface area (Å²) in [5.41, 5.74) is 5.15. The molecule has 4 rings (SSSR count). The second kappa shape index (κ2) is 12.4. The predicted octanol–water partition coefficient (Wildman–Crippen LogP) is 7.41. The first-order valence-corrected chi connectivity index (χ1v) is 12.4. The number of hydrogen-bond acceptors (Lipinski definition) is 5. The van der Waals surface area contributed by atoms with E-state index < -0.39 is 5.97 Å². The zero-order chi connectivity index (χ0) is 26.0. The standard InChI is InChI=1S/C31H31N3O3/c1-3-4-21-34(26-13-6-5-7-14-26)27-19-17-24(18-20-27)33-30(35)23-11-10-12-25(22-23)32-29-16-9-8-15-28(29)31(36)37-2/h5-20,22,32H,3-4,21H2,1-2H3,(H,33,35). The monoisotopic (exact) mass is 493 g/mol. The van der Waals surface area contributed by atoms with Gasteiger partial charge in [0, 0.05) is 34.9 Å². The van der Waals surface area contributed by atoms with Crippen LogP contribution in [-0.4, -0.2) is 25.5 Å². The van der Waals surface area contributed by atoms with Gasteiger partial charge in [-0.15, -0.1) is 0 Å². The molecule has 188 valence electrons. The van der Waals surface area contributed by atoms with Crippen LogP contribution < -0.4 is 15.5 Å². The quantitative estimate of drug-likeness (QED) is 0.225. The van der Waals surface area contributed by atoms with Crippen LogP contribution >= 0.6 is 0 Å². The van der Waals surface area contributed by atoms with Gasteiger partial charge in [0.25, 0.3) is 5.91 Å². The Hall–Kier alpha value is -4.58. The molecule has 0 radical (unpaired) electrons. The Morgan fingerprint density at radius 1 is 0.784 bits per heavy atom. The average molecular weight is 494 g/mol. The van der Waals surface area contributed by atoms with Gasteiger partial charge in [0.2, 0.25) is 0 Å². The molecule has 0 fully saturated rings. The van der Waals surface area contributed by atoms with Crippen LogP contribution in [0.15, 0.2) is 103 Å². The van der Waals surface area contributed by atoms with Crippen LogP contribution in [0.25, 0.3) is 0 Å². The van der Waals surface area contributed by atoms with Gasteiger partial charge in [-0.2, -0.15) is 0 Å². The molecule has 0 aliphatic carbocycles. The lowest BCUT2D eigenvalue weighted by atomic mass is 10.1. The molecule has 0 aromatic heterocycles. The lowest BCUT2D eigenvalue weighted by Crippen LogP contribution is -2.18. The van der Waals surface area contributed by atoms with Crippen molar-refractivity contribution in [3.05, 3.63) is 114 Å². The smallest absolute Gasteiger partial charge is 0.339 e. The summed E-state index contributed by atoms with van der Waals surface area (Å²) in [6, 6.07) is 32.4. The molecule has 2 N–H and O–H groups in total. The number of nitrogens with zero attached hydrogens (tertiary/aromatic N) is 1. The molecule has 37 heavy (non-hydrogen) atoms. The summed E-state index contributed by atoms with van der Waals surface area (Å²) < 4.78 is 4.86. The molecule has 0 heterocycles. The second-order valence-electron chi connectivity index (χ2n) is 8.58. The highest BCUT2D eigenvalue weighted by Gasteiger charge is 2.13. The molecule has 0 atom stereocenters. The van der Waals surface area contributed by atoms with E-state index in [9.17, 15) is 9.59 Å². The number of hydrogen-bond donors (Lipinski definition) is 2. The topological polar surface area (TPSA) is 70.7 Å². The number of carbonyl (C=O) groups excluding carboxylic acids is 2. The van der Waals surface area contributed by atoms with E-state index in [0.717, 1.165) is 30.8 Å². The Kier molecular flexibility index (Phi) is 8.55. The minimum Gasteiger partial charge on any atom is -0.465 e. The number of rotatable bonds is 10. The molecule has 4 aromatic carbocycles. The van der Waals surface area contributed by atoms with Gasteiger partial charge < -0.3 is 20.3 Å². The van der Waals surface area contributed by atoms with Gasteiger partial charge in [-0.3, -0.25) is 4.79 Å². The minimum atomic E-state index is -0.430. The normalized spacial score (nSPS) is 10.4. The molecule has 0 unspecified atom stereocenters. The Morgan fingerprint density at radius 2 is 1.49 bits per heavy atom. The summed E-state index contributed by atoms with van der Waals surface area (Å²) in [6.45, 7) is 3.11. The number of ether oxygens (including phenoxy) is 1. The zero-order valence-electron chi connectivity index (χ0n) is 21.1. The second-order valence-corrected chi connectivity index (χ2v) is 8.58. The first-order valence-electron chi connectivity index (χ1n) is 12.4. The Bertz CT molecular complexity index is 1340. The van der Waals surface area contributed by atoms with Crippen molar-refractivity contribution in [1.82, 2.24) is 0 Å². The van der Waals surface area contributed by atoms with Crippen molar-refractivity contribution in [3.8, 4) is 0 Å². The molecule has 1 amide bonds. The number of benzene rings is 4. The van der Waals surface area contributed by atoms with Crippen molar-refractivity contribution in [2.75, 3.05) is 29.2 Å². The van der Waals surface area contributed by atoms with Gasteiger partial charge in [0.05, 0.1) is 18.4 Å². The number of nitrogens with one attached hydrogen (secondary N) is 2. The van der Waals surface area contributed by atoms with Crippen molar-refractivity contribution in [3.63, 3.8) is 0 Å². The summed E-state index contributed by atoms with van der Waals surface area (Å²) in [5.74, 6) is -0.649. The van der Waals surface area contributed by atoms with Crippen molar-refractivity contribution in [2.45, 2.75) is 19.8 Å². The highest BCUT2D eigenvalue weighted by molar-refractivity contribution is 6.05. The number of anilines is 5. The first-order chi connectivity index (χ1) is 18.1. The number of methoxy groups -OCH3 is 1. The Balaban J connectivity index is 1.47. The number of unbranched alkanes of at least 4 members (excludes halogenated alkanes) is 1. The maximum absolute atomic E-state index is 13.0. The van der Waals surface area contributed by atoms with E-state index in [1.807, 2.05) is 54.6 Å². The highest BCUT2D eigenvalue weighted by Crippen LogP contribution is 2.27. The van der Waals surface area contributed by atoms with Crippen LogP contribution in [-0.2, 0) is 4.74 Å². The molecule has 0 aliphatic heterocycles. The third-order valence-electron chi connectivity index (χ3n) is 5.98. The van der Waals surface area contributed by atoms with E-state index in [-0.39, 0.29) is 5.91 Å². The summed E-state index contributed by atoms with van der Waals surface area (Å²) in [7, 11) is 1.35. The maximum atomic E-state index is 13.0. The van der Waals surface area contributed by atoms with Gasteiger partial charge in [-0.25, -0.2) is 4.79 Å². The van der Waals surface area contributed by atoms with E-state index in [4.69, 9.17) is 4.74 Å². The number of amides is 1. The van der Waals surface area contributed by atoms with Gasteiger partial charge in [0.15, 0.2) is 0 Å². The number of esters is 1. The molecular weight excluding hydrogens is 462 g/mol. The van der Waals surface area contributed by atoms with E-state index in [0.29, 0.717) is 28.2 Å². The van der Waals surface area contributed by atoms with Gasteiger partial charge in [-0.1, -0.05) is 49.7 Å². The number of para-hydroxylation sites is 2. The van der Waals surface area contributed by atoms with Gasteiger partial charge >= 0.3 is 5.97 Å². The van der Waals surface area contributed by atoms with Crippen LogP contribution in [0.2, 0.25) is 0 Å². The zero-order valence-corrected chi connectivity index (χ0v) is 21.1. The van der Waals surface area contributed by atoms with Crippen molar-refractivity contribution >= 4 is 40.3 Å². The minimum absolute atomic E-state index is 0.219. The van der Waals surface area contributed by atoms with Crippen LogP contribution in [0.4, 0.5) is 28.4 Å². The molecule has 6 nitrogen and oxygen atoms in total. The van der Waals surface area contributed by atoms with Crippen LogP contribution in [0.3, 0.4) is 0 Å². The van der Waals surface area contributed by atoms with E-state index in [1.54, 1.807) is 36.4 Å². The lowest BCUT2D eigenvalue weighted by molar-refractivity contribution is 0.0601. The van der Waals surface area contributed by atoms with Crippen LogP contribution in [0.1, 0.15) is 40.5 Å². The molecule has 0 saturated carbocycles. The van der Waals surface area contributed by atoms with Crippen molar-refractivity contribution in [2.24, 2.45) is 0 Å².